The van der Waals surface area contributed by atoms with Crippen molar-refractivity contribution in [3.8, 4) is 0 Å². The van der Waals surface area contributed by atoms with E-state index in [1.165, 1.54) is 128 Å². The summed E-state index contributed by atoms with van der Waals surface area (Å²) in [4.78, 5) is 11.4. The lowest BCUT2D eigenvalue weighted by Gasteiger charge is -2.06. The molecule has 0 N–H and O–H groups in total. The summed E-state index contributed by atoms with van der Waals surface area (Å²) < 4.78 is 10.2. The van der Waals surface area contributed by atoms with Crippen molar-refractivity contribution >= 4 is 6.16 Å². The molecule has 3 nitrogen and oxygen atoms in total. The van der Waals surface area contributed by atoms with Crippen LogP contribution in [0.3, 0.4) is 0 Å². The largest absolute Gasteiger partial charge is 0.508 e. The molecule has 0 aliphatic heterocycles. The van der Waals surface area contributed by atoms with E-state index in [4.69, 9.17) is 9.47 Å². The SMILES string of the molecule is CCCCCCCCCCCCCCCCCCCCCCOC(=O)OCCCCCC. The minimum Gasteiger partial charge on any atom is -0.434 e. The van der Waals surface area contributed by atoms with Gasteiger partial charge in [-0.3, -0.25) is 0 Å². The van der Waals surface area contributed by atoms with Gasteiger partial charge in [0.25, 0.3) is 0 Å². The van der Waals surface area contributed by atoms with Gasteiger partial charge in [0, 0.05) is 0 Å². The van der Waals surface area contributed by atoms with Crippen molar-refractivity contribution in [3.63, 3.8) is 0 Å². The predicted molar refractivity (Wildman–Crippen MR) is 139 cm³/mol. The molecule has 0 aromatic carbocycles. The second kappa shape index (κ2) is 28.3. The van der Waals surface area contributed by atoms with E-state index >= 15 is 0 Å². The highest BCUT2D eigenvalue weighted by molar-refractivity contribution is 5.59. The van der Waals surface area contributed by atoms with Crippen molar-refractivity contribution in [2.45, 2.75) is 168 Å². The lowest BCUT2D eigenvalue weighted by atomic mass is 10.0. The zero-order valence-corrected chi connectivity index (χ0v) is 22.1. The van der Waals surface area contributed by atoms with E-state index in [-0.39, 0.29) is 0 Å². The van der Waals surface area contributed by atoms with Crippen LogP contribution >= 0.6 is 0 Å². The average molecular weight is 455 g/mol. The Morgan fingerprint density at radius 2 is 0.594 bits per heavy atom. The zero-order chi connectivity index (χ0) is 23.4. The monoisotopic (exact) mass is 454 g/mol. The fourth-order valence-corrected chi connectivity index (χ4v) is 4.24. The van der Waals surface area contributed by atoms with Crippen molar-refractivity contribution in [2.75, 3.05) is 13.2 Å². The summed E-state index contributed by atoms with van der Waals surface area (Å²) in [6, 6.07) is 0. The maximum absolute atomic E-state index is 11.4. The van der Waals surface area contributed by atoms with E-state index in [2.05, 4.69) is 13.8 Å². The molecule has 0 saturated carbocycles. The van der Waals surface area contributed by atoms with Crippen LogP contribution in [-0.2, 0) is 9.47 Å². The van der Waals surface area contributed by atoms with Gasteiger partial charge in [0.05, 0.1) is 13.2 Å². The van der Waals surface area contributed by atoms with E-state index < -0.39 is 6.16 Å². The lowest BCUT2D eigenvalue weighted by Crippen LogP contribution is -2.09. The van der Waals surface area contributed by atoms with Crippen LogP contribution in [0.25, 0.3) is 0 Å². The lowest BCUT2D eigenvalue weighted by molar-refractivity contribution is 0.0529. The molecule has 0 aromatic rings. The second-order valence-corrected chi connectivity index (χ2v) is 9.73. The molecule has 0 heterocycles. The predicted octanol–water partition coefficient (Wildman–Crippen LogP) is 10.5. The number of carbonyl (C=O) groups is 1. The van der Waals surface area contributed by atoms with Crippen molar-refractivity contribution in [3.05, 3.63) is 0 Å². The number of rotatable bonds is 26. The molecule has 0 amide bonds. The third kappa shape index (κ3) is 27.3. The normalized spacial score (nSPS) is 11.1. The Balaban J connectivity index is 3.08. The Bertz CT molecular complexity index is 356. The number of carbonyl (C=O) groups excluding carboxylic acids is 1. The summed E-state index contributed by atoms with van der Waals surface area (Å²) in [7, 11) is 0. The number of hydrogen-bond acceptors (Lipinski definition) is 3. The van der Waals surface area contributed by atoms with E-state index in [0.29, 0.717) is 13.2 Å². The van der Waals surface area contributed by atoms with Gasteiger partial charge in [-0.1, -0.05) is 155 Å². The van der Waals surface area contributed by atoms with Gasteiger partial charge in [-0.05, 0) is 12.8 Å². The first-order valence-electron chi connectivity index (χ1n) is 14.6. The molecular formula is C29H58O3. The van der Waals surface area contributed by atoms with Gasteiger partial charge in [0.1, 0.15) is 0 Å². The van der Waals surface area contributed by atoms with Crippen LogP contribution < -0.4 is 0 Å². The highest BCUT2D eigenvalue weighted by Crippen LogP contribution is 2.14. The van der Waals surface area contributed by atoms with Gasteiger partial charge in [-0.25, -0.2) is 4.79 Å². The van der Waals surface area contributed by atoms with Crippen LogP contribution in [0.4, 0.5) is 4.79 Å². The summed E-state index contributed by atoms with van der Waals surface area (Å²) in [6.07, 6.45) is 31.6. The van der Waals surface area contributed by atoms with Gasteiger partial charge >= 0.3 is 6.16 Å². The molecule has 0 aliphatic carbocycles. The smallest absolute Gasteiger partial charge is 0.434 e. The van der Waals surface area contributed by atoms with Gasteiger partial charge < -0.3 is 9.47 Å². The fraction of sp³-hybridized carbons (Fsp3) is 0.966. The first kappa shape index (κ1) is 31.3. The summed E-state index contributed by atoms with van der Waals surface area (Å²) in [5.74, 6) is 0. The molecule has 0 aliphatic rings. The molecule has 0 radical (unpaired) electrons. The third-order valence-corrected chi connectivity index (χ3v) is 6.44. The van der Waals surface area contributed by atoms with Crippen LogP contribution in [-0.4, -0.2) is 19.4 Å². The van der Waals surface area contributed by atoms with Crippen molar-refractivity contribution in [1.29, 1.82) is 0 Å². The van der Waals surface area contributed by atoms with E-state index in [0.717, 1.165) is 25.7 Å². The Hall–Kier alpha value is -0.730. The summed E-state index contributed by atoms with van der Waals surface area (Å²) in [5.41, 5.74) is 0. The van der Waals surface area contributed by atoms with Crippen molar-refractivity contribution in [2.24, 2.45) is 0 Å². The summed E-state index contributed by atoms with van der Waals surface area (Å²) in [5, 5.41) is 0. The molecule has 0 spiro atoms. The maximum atomic E-state index is 11.4. The Morgan fingerprint density at radius 3 is 0.875 bits per heavy atom. The van der Waals surface area contributed by atoms with E-state index in [1.54, 1.807) is 0 Å². The van der Waals surface area contributed by atoms with Gasteiger partial charge in [-0.2, -0.15) is 0 Å². The molecule has 0 atom stereocenters. The standard InChI is InChI=1S/C29H58O3/c1-3-5-7-9-10-11-12-13-14-15-16-17-18-19-20-21-22-23-24-26-28-32-29(30)31-27-25-8-6-4-2/h3-28H2,1-2H3. The Labute approximate surface area is 201 Å². The first-order chi connectivity index (χ1) is 15.8. The molecule has 3 heteroatoms. The van der Waals surface area contributed by atoms with E-state index in [1.807, 2.05) is 0 Å². The van der Waals surface area contributed by atoms with Crippen LogP contribution in [0.1, 0.15) is 168 Å². The summed E-state index contributed by atoms with van der Waals surface area (Å²) in [6.45, 7) is 5.47. The molecule has 192 valence electrons. The molecule has 0 bridgehead atoms. The van der Waals surface area contributed by atoms with Crippen LogP contribution in [0.5, 0.6) is 0 Å². The van der Waals surface area contributed by atoms with E-state index in [9.17, 15) is 4.79 Å². The topological polar surface area (TPSA) is 35.5 Å². The minimum absolute atomic E-state index is 0.487. The second-order valence-electron chi connectivity index (χ2n) is 9.73. The van der Waals surface area contributed by atoms with Crippen molar-refractivity contribution in [1.82, 2.24) is 0 Å². The molecule has 0 unspecified atom stereocenters. The highest BCUT2D eigenvalue weighted by Gasteiger charge is 2.03. The fourth-order valence-electron chi connectivity index (χ4n) is 4.24. The van der Waals surface area contributed by atoms with Crippen LogP contribution in [0.2, 0.25) is 0 Å². The highest BCUT2D eigenvalue weighted by atomic mass is 16.7. The molecule has 0 saturated heterocycles. The molecule has 0 rings (SSSR count). The van der Waals surface area contributed by atoms with Crippen molar-refractivity contribution < 1.29 is 14.3 Å². The van der Waals surface area contributed by atoms with Gasteiger partial charge in [0.15, 0.2) is 0 Å². The number of hydrogen-bond donors (Lipinski definition) is 0. The summed E-state index contributed by atoms with van der Waals surface area (Å²) >= 11 is 0. The Morgan fingerprint density at radius 1 is 0.375 bits per heavy atom. The first-order valence-corrected chi connectivity index (χ1v) is 14.6. The minimum atomic E-state index is -0.487. The van der Waals surface area contributed by atoms with Crippen LogP contribution in [0.15, 0.2) is 0 Å². The number of ether oxygens (including phenoxy) is 2. The molecule has 0 fully saturated rings. The maximum Gasteiger partial charge on any atom is 0.508 e. The third-order valence-electron chi connectivity index (χ3n) is 6.44. The molecule has 0 aromatic heterocycles. The number of unbranched alkanes of at least 4 members (excludes halogenated alkanes) is 22. The van der Waals surface area contributed by atoms with Gasteiger partial charge in [0.2, 0.25) is 0 Å². The Kier molecular flexibility index (Phi) is 27.7. The quantitative estimate of drug-likeness (QED) is 0.0962. The average Bonchev–Trinajstić information content (AvgIpc) is 2.80. The molecular weight excluding hydrogens is 396 g/mol. The van der Waals surface area contributed by atoms with Gasteiger partial charge in [-0.15, -0.1) is 0 Å². The zero-order valence-electron chi connectivity index (χ0n) is 22.1. The molecule has 32 heavy (non-hydrogen) atoms. The van der Waals surface area contributed by atoms with Crippen LogP contribution in [0, 0.1) is 0 Å².